The molecule has 1 aromatic carbocycles. The summed E-state index contributed by atoms with van der Waals surface area (Å²) >= 11 is 7.23. The van der Waals surface area contributed by atoms with Crippen molar-refractivity contribution in [3.63, 3.8) is 0 Å². The van der Waals surface area contributed by atoms with Crippen molar-refractivity contribution >= 4 is 34.7 Å². The first-order chi connectivity index (χ1) is 14.9. The lowest BCUT2D eigenvalue weighted by Gasteiger charge is -2.08. The number of aryl methyl sites for hydroxylation is 3. The van der Waals surface area contributed by atoms with Crippen LogP contribution in [0.3, 0.4) is 0 Å². The van der Waals surface area contributed by atoms with Crippen LogP contribution in [0.1, 0.15) is 32.6 Å². The van der Waals surface area contributed by atoms with Crippen LogP contribution in [0.5, 0.6) is 5.75 Å². The van der Waals surface area contributed by atoms with E-state index in [1.54, 1.807) is 35.7 Å². The minimum atomic E-state index is -0.348. The third kappa shape index (κ3) is 5.07. The van der Waals surface area contributed by atoms with E-state index in [0.717, 1.165) is 17.1 Å². The Morgan fingerprint density at radius 1 is 1.06 bits per heavy atom. The molecule has 4 aromatic rings. The molecular formula is C21H19ClN6O2S. The van der Waals surface area contributed by atoms with Crippen LogP contribution in [0.2, 0.25) is 5.02 Å². The lowest BCUT2D eigenvalue weighted by molar-refractivity contribution is 0.102. The van der Waals surface area contributed by atoms with Gasteiger partial charge >= 0.3 is 0 Å². The third-order valence-corrected chi connectivity index (χ3v) is 5.27. The molecule has 3 heterocycles. The number of thiazole rings is 1. The van der Waals surface area contributed by atoms with Crippen LogP contribution < -0.4 is 10.1 Å². The molecular weight excluding hydrogens is 436 g/mol. The third-order valence-electron chi connectivity index (χ3n) is 4.19. The Morgan fingerprint density at radius 3 is 2.48 bits per heavy atom. The molecule has 0 bridgehead atoms. The summed E-state index contributed by atoms with van der Waals surface area (Å²) in [7, 11) is 0. The normalized spacial score (nSPS) is 10.8. The maximum atomic E-state index is 12.8. The Hall–Kier alpha value is -3.30. The Bertz CT molecular complexity index is 1210. The van der Waals surface area contributed by atoms with Gasteiger partial charge in [0.1, 0.15) is 28.9 Å². The largest absolute Gasteiger partial charge is 0.486 e. The van der Waals surface area contributed by atoms with E-state index in [9.17, 15) is 4.79 Å². The van der Waals surface area contributed by atoms with Gasteiger partial charge in [0.05, 0.1) is 5.69 Å². The highest BCUT2D eigenvalue weighted by Gasteiger charge is 2.17. The monoisotopic (exact) mass is 454 g/mol. The van der Waals surface area contributed by atoms with Crippen molar-refractivity contribution in [2.24, 2.45) is 0 Å². The smallest absolute Gasteiger partial charge is 0.276 e. The summed E-state index contributed by atoms with van der Waals surface area (Å²) < 4.78 is 7.21. The number of hydrogen-bond acceptors (Lipinski definition) is 7. The second-order valence-electron chi connectivity index (χ2n) is 6.86. The molecule has 8 nitrogen and oxygen atoms in total. The van der Waals surface area contributed by atoms with Crippen LogP contribution >= 0.6 is 22.9 Å². The molecule has 0 fully saturated rings. The number of carbonyl (C=O) groups is 1. The number of hydrogen-bond donors (Lipinski definition) is 1. The fourth-order valence-corrected chi connectivity index (χ4v) is 3.69. The van der Waals surface area contributed by atoms with Gasteiger partial charge in [0, 0.05) is 27.9 Å². The Morgan fingerprint density at radius 2 is 1.77 bits per heavy atom. The molecule has 1 amide bonds. The van der Waals surface area contributed by atoms with Crippen LogP contribution in [0.4, 0.5) is 5.82 Å². The lowest BCUT2D eigenvalue weighted by Crippen LogP contribution is -2.17. The standard InChI is InChI=1S/C21H19ClN6O2S/c1-12-8-13(2)24-21(23-12)28-18(9-14(3)27-28)26-20(29)17-11-31-19(25-17)10-30-16-6-4-15(22)5-7-16/h4-9,11H,10H2,1-3H3,(H,26,29). The van der Waals surface area contributed by atoms with E-state index in [1.807, 2.05) is 26.8 Å². The van der Waals surface area contributed by atoms with Gasteiger partial charge < -0.3 is 10.1 Å². The van der Waals surface area contributed by atoms with E-state index in [0.29, 0.717) is 33.2 Å². The van der Waals surface area contributed by atoms with Gasteiger partial charge in [0.2, 0.25) is 0 Å². The van der Waals surface area contributed by atoms with Crippen LogP contribution in [0, 0.1) is 20.8 Å². The topological polar surface area (TPSA) is 94.8 Å². The molecule has 0 aliphatic rings. The number of halogens is 1. The molecule has 3 aromatic heterocycles. The molecule has 158 valence electrons. The number of rotatable bonds is 6. The lowest BCUT2D eigenvalue weighted by atomic mass is 10.3. The molecule has 1 N–H and O–H groups in total. The van der Waals surface area contributed by atoms with Gasteiger partial charge in [-0.3, -0.25) is 4.79 Å². The van der Waals surface area contributed by atoms with Gasteiger partial charge in [-0.2, -0.15) is 9.78 Å². The average molecular weight is 455 g/mol. The summed E-state index contributed by atoms with van der Waals surface area (Å²) in [4.78, 5) is 26.0. The SMILES string of the molecule is Cc1cc(C)nc(-n2nc(C)cc2NC(=O)c2csc(COc3ccc(Cl)cc3)n2)n1. The second kappa shape index (κ2) is 8.83. The van der Waals surface area contributed by atoms with Gasteiger partial charge in [-0.05, 0) is 51.1 Å². The van der Waals surface area contributed by atoms with Gasteiger partial charge in [-0.25, -0.2) is 15.0 Å². The number of carbonyl (C=O) groups excluding carboxylic acids is 1. The first-order valence-corrected chi connectivity index (χ1v) is 10.7. The predicted octanol–water partition coefficient (Wildman–Crippen LogP) is 4.53. The zero-order valence-electron chi connectivity index (χ0n) is 17.1. The van der Waals surface area contributed by atoms with Gasteiger partial charge in [0.25, 0.3) is 11.9 Å². The zero-order valence-corrected chi connectivity index (χ0v) is 18.7. The van der Waals surface area contributed by atoms with E-state index < -0.39 is 0 Å². The van der Waals surface area contributed by atoms with Gasteiger partial charge in [0.15, 0.2) is 0 Å². The highest BCUT2D eigenvalue weighted by atomic mass is 35.5. The van der Waals surface area contributed by atoms with Gasteiger partial charge in [-0.1, -0.05) is 11.6 Å². The predicted molar refractivity (Wildman–Crippen MR) is 119 cm³/mol. The zero-order chi connectivity index (χ0) is 22.0. The molecule has 10 heteroatoms. The average Bonchev–Trinajstić information content (AvgIpc) is 3.33. The number of nitrogens with zero attached hydrogens (tertiary/aromatic N) is 5. The molecule has 0 unspecified atom stereocenters. The van der Waals surface area contributed by atoms with Gasteiger partial charge in [-0.15, -0.1) is 11.3 Å². The molecule has 0 aliphatic carbocycles. The Kier molecular flexibility index (Phi) is 5.97. The van der Waals surface area contributed by atoms with Crippen molar-refractivity contribution < 1.29 is 9.53 Å². The molecule has 0 saturated carbocycles. The summed E-state index contributed by atoms with van der Waals surface area (Å²) in [6, 6.07) is 10.7. The van der Waals surface area contributed by atoms with Crippen LogP contribution in [-0.2, 0) is 6.61 Å². The molecule has 31 heavy (non-hydrogen) atoms. The van der Waals surface area contributed by atoms with E-state index in [-0.39, 0.29) is 12.5 Å². The summed E-state index contributed by atoms with van der Waals surface area (Å²) in [5.74, 6) is 1.20. The van der Waals surface area contributed by atoms with Crippen LogP contribution in [-0.4, -0.2) is 30.6 Å². The summed E-state index contributed by atoms with van der Waals surface area (Å²) in [5.41, 5.74) is 2.66. The van der Waals surface area contributed by atoms with Crippen molar-refractivity contribution in [3.05, 3.63) is 74.6 Å². The fourth-order valence-electron chi connectivity index (χ4n) is 2.88. The molecule has 0 aliphatic heterocycles. The van der Waals surface area contributed by atoms with Crippen LogP contribution in [0.15, 0.2) is 41.8 Å². The van der Waals surface area contributed by atoms with E-state index >= 15 is 0 Å². The summed E-state index contributed by atoms with van der Waals surface area (Å²) in [6.45, 7) is 5.86. The number of anilines is 1. The molecule has 0 spiro atoms. The van der Waals surface area contributed by atoms with E-state index in [4.69, 9.17) is 16.3 Å². The van der Waals surface area contributed by atoms with Crippen molar-refractivity contribution in [3.8, 4) is 11.7 Å². The van der Waals surface area contributed by atoms with Crippen molar-refractivity contribution in [2.45, 2.75) is 27.4 Å². The van der Waals surface area contributed by atoms with E-state index in [1.165, 1.54) is 16.0 Å². The quantitative estimate of drug-likeness (QED) is 0.460. The highest BCUT2D eigenvalue weighted by molar-refractivity contribution is 7.09. The number of aromatic nitrogens is 5. The Labute approximate surface area is 187 Å². The van der Waals surface area contributed by atoms with E-state index in [2.05, 4.69) is 25.4 Å². The second-order valence-corrected chi connectivity index (χ2v) is 8.24. The minimum Gasteiger partial charge on any atom is -0.486 e. The molecule has 4 rings (SSSR count). The van der Waals surface area contributed by atoms with Crippen LogP contribution in [0.25, 0.3) is 5.95 Å². The molecule has 0 radical (unpaired) electrons. The minimum absolute atomic E-state index is 0.257. The highest BCUT2D eigenvalue weighted by Crippen LogP contribution is 2.20. The maximum absolute atomic E-state index is 12.8. The first-order valence-electron chi connectivity index (χ1n) is 9.41. The maximum Gasteiger partial charge on any atom is 0.276 e. The van der Waals surface area contributed by atoms with Crippen molar-refractivity contribution in [1.82, 2.24) is 24.7 Å². The van der Waals surface area contributed by atoms with Crippen molar-refractivity contribution in [1.29, 1.82) is 0 Å². The number of benzene rings is 1. The summed E-state index contributed by atoms with van der Waals surface area (Å²) in [5, 5.41) is 10.3. The first kappa shape index (κ1) is 21.0. The molecule has 0 saturated heterocycles. The fraction of sp³-hybridized carbons (Fsp3) is 0.190. The molecule has 0 atom stereocenters. The summed E-state index contributed by atoms with van der Waals surface area (Å²) in [6.07, 6.45) is 0. The number of ether oxygens (including phenoxy) is 1. The Balaban J connectivity index is 1.47. The number of amides is 1. The number of nitrogens with one attached hydrogen (secondary N) is 1. The van der Waals surface area contributed by atoms with Crippen molar-refractivity contribution in [2.75, 3.05) is 5.32 Å².